The van der Waals surface area contributed by atoms with Gasteiger partial charge in [-0.3, -0.25) is 4.55 Å². The minimum absolute atomic E-state index is 0.116. The Morgan fingerprint density at radius 3 is 2.20 bits per heavy atom. The van der Waals surface area contributed by atoms with Crippen molar-refractivity contribution >= 4 is 10.4 Å². The standard InChI is InChI=1S/C10H14O4S/c1-8(2)7-9-3-5-10(6-4-9)14-15(11,12)13/h3-6,8H,7H2,1-2H3,(H,11,12,13). The summed E-state index contributed by atoms with van der Waals surface area (Å²) in [7, 11) is -4.41. The minimum Gasteiger partial charge on any atom is -0.362 e. The largest absolute Gasteiger partial charge is 0.446 e. The normalized spacial score (nSPS) is 11.7. The van der Waals surface area contributed by atoms with Gasteiger partial charge in [-0.1, -0.05) is 26.0 Å². The van der Waals surface area contributed by atoms with Crippen LogP contribution in [-0.2, 0) is 16.8 Å². The molecule has 0 heterocycles. The zero-order chi connectivity index (χ0) is 11.5. The molecular weight excluding hydrogens is 216 g/mol. The lowest BCUT2D eigenvalue weighted by Crippen LogP contribution is -2.06. The third-order valence-corrected chi connectivity index (χ3v) is 2.17. The van der Waals surface area contributed by atoms with Crippen LogP contribution in [0, 0.1) is 5.92 Å². The highest BCUT2D eigenvalue weighted by Crippen LogP contribution is 2.15. The minimum atomic E-state index is -4.41. The highest BCUT2D eigenvalue weighted by Gasteiger charge is 2.06. The Morgan fingerprint density at radius 2 is 1.80 bits per heavy atom. The molecule has 0 aliphatic heterocycles. The van der Waals surface area contributed by atoms with Gasteiger partial charge in [-0.2, -0.15) is 8.42 Å². The van der Waals surface area contributed by atoms with E-state index >= 15 is 0 Å². The van der Waals surface area contributed by atoms with Gasteiger partial charge in [-0.15, -0.1) is 0 Å². The van der Waals surface area contributed by atoms with Gasteiger partial charge in [0.05, 0.1) is 0 Å². The average molecular weight is 230 g/mol. The van der Waals surface area contributed by atoms with E-state index in [1.165, 1.54) is 12.1 Å². The van der Waals surface area contributed by atoms with E-state index in [2.05, 4.69) is 18.0 Å². The first-order valence-corrected chi connectivity index (χ1v) is 5.99. The van der Waals surface area contributed by atoms with Crippen molar-refractivity contribution in [2.75, 3.05) is 0 Å². The molecule has 15 heavy (non-hydrogen) atoms. The van der Waals surface area contributed by atoms with E-state index in [9.17, 15) is 8.42 Å². The van der Waals surface area contributed by atoms with Gasteiger partial charge in [0.1, 0.15) is 5.75 Å². The second-order valence-electron chi connectivity index (χ2n) is 3.75. The van der Waals surface area contributed by atoms with Gasteiger partial charge in [0.2, 0.25) is 0 Å². The van der Waals surface area contributed by atoms with Crippen LogP contribution in [-0.4, -0.2) is 13.0 Å². The molecule has 1 N–H and O–H groups in total. The maximum absolute atomic E-state index is 10.4. The third-order valence-electron chi connectivity index (χ3n) is 1.77. The Kier molecular flexibility index (Phi) is 3.71. The van der Waals surface area contributed by atoms with Gasteiger partial charge in [-0.25, -0.2) is 0 Å². The molecule has 0 spiro atoms. The van der Waals surface area contributed by atoms with Crippen LogP contribution in [0.15, 0.2) is 24.3 Å². The molecule has 0 amide bonds. The lowest BCUT2D eigenvalue weighted by molar-refractivity contribution is 0.386. The van der Waals surface area contributed by atoms with Crippen LogP contribution in [0.1, 0.15) is 19.4 Å². The van der Waals surface area contributed by atoms with E-state index in [0.29, 0.717) is 5.92 Å². The SMILES string of the molecule is CC(C)Cc1ccc(OS(=O)(=O)O)cc1. The topological polar surface area (TPSA) is 63.6 Å². The molecule has 0 aromatic heterocycles. The Bertz CT molecular complexity index is 406. The smallest absolute Gasteiger partial charge is 0.362 e. The van der Waals surface area contributed by atoms with E-state index in [-0.39, 0.29) is 5.75 Å². The van der Waals surface area contributed by atoms with Crippen molar-refractivity contribution in [1.82, 2.24) is 0 Å². The molecule has 0 saturated carbocycles. The molecule has 0 aliphatic rings. The molecule has 5 heteroatoms. The van der Waals surface area contributed by atoms with Gasteiger partial charge in [0, 0.05) is 0 Å². The summed E-state index contributed by atoms with van der Waals surface area (Å²) in [6.07, 6.45) is 0.923. The van der Waals surface area contributed by atoms with Crippen molar-refractivity contribution in [2.45, 2.75) is 20.3 Å². The molecule has 1 aromatic rings. The van der Waals surface area contributed by atoms with Crippen LogP contribution < -0.4 is 4.18 Å². The lowest BCUT2D eigenvalue weighted by Gasteiger charge is -2.05. The number of hydrogen-bond donors (Lipinski definition) is 1. The van der Waals surface area contributed by atoms with Crippen molar-refractivity contribution in [3.05, 3.63) is 29.8 Å². The number of hydrogen-bond acceptors (Lipinski definition) is 3. The Hall–Kier alpha value is -1.07. The molecular formula is C10H14O4S. The van der Waals surface area contributed by atoms with Crippen LogP contribution in [0.2, 0.25) is 0 Å². The molecule has 0 atom stereocenters. The van der Waals surface area contributed by atoms with Gasteiger partial charge >= 0.3 is 10.4 Å². The number of rotatable bonds is 4. The highest BCUT2D eigenvalue weighted by atomic mass is 32.3. The van der Waals surface area contributed by atoms with E-state index in [0.717, 1.165) is 12.0 Å². The first-order chi connectivity index (χ1) is 6.87. The van der Waals surface area contributed by atoms with E-state index in [1.54, 1.807) is 12.1 Å². The fourth-order valence-electron chi connectivity index (χ4n) is 1.27. The quantitative estimate of drug-likeness (QED) is 0.804. The molecule has 0 bridgehead atoms. The average Bonchev–Trinajstić information content (AvgIpc) is 2.05. The second kappa shape index (κ2) is 4.63. The summed E-state index contributed by atoms with van der Waals surface area (Å²) in [6, 6.07) is 6.60. The summed E-state index contributed by atoms with van der Waals surface area (Å²) in [5.41, 5.74) is 1.10. The molecule has 4 nitrogen and oxygen atoms in total. The van der Waals surface area contributed by atoms with Crippen molar-refractivity contribution in [2.24, 2.45) is 5.92 Å². The van der Waals surface area contributed by atoms with E-state index in [4.69, 9.17) is 4.55 Å². The van der Waals surface area contributed by atoms with Gasteiger partial charge in [-0.05, 0) is 30.0 Å². The van der Waals surface area contributed by atoms with E-state index < -0.39 is 10.4 Å². The Labute approximate surface area is 89.8 Å². The molecule has 0 aliphatic carbocycles. The first kappa shape index (κ1) is 12.0. The fraction of sp³-hybridized carbons (Fsp3) is 0.400. The first-order valence-electron chi connectivity index (χ1n) is 4.62. The van der Waals surface area contributed by atoms with Crippen LogP contribution in [0.3, 0.4) is 0 Å². The van der Waals surface area contributed by atoms with Crippen LogP contribution in [0.25, 0.3) is 0 Å². The van der Waals surface area contributed by atoms with Crippen LogP contribution in [0.5, 0.6) is 5.75 Å². The summed E-state index contributed by atoms with van der Waals surface area (Å²) in [5, 5.41) is 0. The summed E-state index contributed by atoms with van der Waals surface area (Å²) >= 11 is 0. The van der Waals surface area contributed by atoms with Crippen molar-refractivity contribution in [3.63, 3.8) is 0 Å². The monoisotopic (exact) mass is 230 g/mol. The maximum atomic E-state index is 10.4. The third kappa shape index (κ3) is 4.80. The summed E-state index contributed by atoms with van der Waals surface area (Å²) < 4.78 is 33.5. The van der Waals surface area contributed by atoms with Gasteiger partial charge in [0.15, 0.2) is 0 Å². The second-order valence-corrected chi connectivity index (χ2v) is 4.78. The lowest BCUT2D eigenvalue weighted by atomic mass is 10.0. The predicted octanol–water partition coefficient (Wildman–Crippen LogP) is 2.07. The summed E-state index contributed by atoms with van der Waals surface area (Å²) in [4.78, 5) is 0. The molecule has 1 rings (SSSR count). The van der Waals surface area contributed by atoms with Crippen molar-refractivity contribution in [3.8, 4) is 5.75 Å². The summed E-state index contributed by atoms with van der Waals surface area (Å²) in [5.74, 6) is 0.656. The van der Waals surface area contributed by atoms with Crippen molar-refractivity contribution in [1.29, 1.82) is 0 Å². The molecule has 84 valence electrons. The molecule has 0 fully saturated rings. The van der Waals surface area contributed by atoms with Crippen LogP contribution >= 0.6 is 0 Å². The van der Waals surface area contributed by atoms with Crippen molar-refractivity contribution < 1.29 is 17.2 Å². The predicted molar refractivity (Wildman–Crippen MR) is 57.2 cm³/mol. The molecule has 0 unspecified atom stereocenters. The zero-order valence-corrected chi connectivity index (χ0v) is 9.49. The number of benzene rings is 1. The van der Waals surface area contributed by atoms with E-state index in [1.807, 2.05) is 0 Å². The van der Waals surface area contributed by atoms with Gasteiger partial charge < -0.3 is 4.18 Å². The molecule has 0 radical (unpaired) electrons. The Morgan fingerprint density at radius 1 is 1.27 bits per heavy atom. The molecule has 1 aromatic carbocycles. The Balaban J connectivity index is 2.73. The van der Waals surface area contributed by atoms with Gasteiger partial charge in [0.25, 0.3) is 0 Å². The zero-order valence-electron chi connectivity index (χ0n) is 8.67. The fourth-order valence-corrected chi connectivity index (χ4v) is 1.63. The molecule has 0 saturated heterocycles. The maximum Gasteiger partial charge on any atom is 0.446 e. The summed E-state index contributed by atoms with van der Waals surface area (Å²) in [6.45, 7) is 4.20. The highest BCUT2D eigenvalue weighted by molar-refractivity contribution is 7.81. The van der Waals surface area contributed by atoms with Crippen LogP contribution in [0.4, 0.5) is 0 Å².